The van der Waals surface area contributed by atoms with Crippen molar-refractivity contribution in [2.75, 3.05) is 32.8 Å². The van der Waals surface area contributed by atoms with Crippen molar-refractivity contribution in [3.8, 4) is 5.75 Å². The average Bonchev–Trinajstić information content (AvgIpc) is 3.15. The molecule has 26 heavy (non-hydrogen) atoms. The number of carbonyl (C=O) groups excluding carboxylic acids is 2. The summed E-state index contributed by atoms with van der Waals surface area (Å²) in [5.41, 5.74) is 1.14. The van der Waals surface area contributed by atoms with Crippen LogP contribution in [0.2, 0.25) is 0 Å². The number of rotatable bonds is 3. The molecule has 1 N–H and O–H groups in total. The van der Waals surface area contributed by atoms with Gasteiger partial charge in [0.1, 0.15) is 11.2 Å². The SMILES string of the molecule is CCOC(=O)C12CCCNC1CCN(C(=O)c1ccc3c(c1)CCO3)C2. The van der Waals surface area contributed by atoms with Crippen molar-refractivity contribution in [2.45, 2.75) is 38.6 Å². The molecule has 6 nitrogen and oxygen atoms in total. The molecule has 140 valence electrons. The second kappa shape index (κ2) is 6.91. The second-order valence-corrected chi connectivity index (χ2v) is 7.42. The third kappa shape index (κ3) is 2.86. The van der Waals surface area contributed by atoms with Crippen LogP contribution in [0.15, 0.2) is 18.2 Å². The van der Waals surface area contributed by atoms with Crippen molar-refractivity contribution in [2.24, 2.45) is 5.41 Å². The summed E-state index contributed by atoms with van der Waals surface area (Å²) in [7, 11) is 0. The Bertz CT molecular complexity index is 720. The number of amides is 1. The molecule has 0 saturated carbocycles. The van der Waals surface area contributed by atoms with E-state index < -0.39 is 5.41 Å². The minimum atomic E-state index is -0.623. The standard InChI is InChI=1S/C20H26N2O4/c1-2-25-19(24)20-8-3-9-21-17(20)6-10-22(13-20)18(23)15-4-5-16-14(12-15)7-11-26-16/h4-5,12,17,21H,2-3,6-11,13H2,1H3. The minimum absolute atomic E-state index is 0.00704. The molecular weight excluding hydrogens is 332 g/mol. The fraction of sp³-hybridized carbons (Fsp3) is 0.600. The summed E-state index contributed by atoms with van der Waals surface area (Å²) in [6, 6.07) is 5.74. The Hall–Kier alpha value is -2.08. The number of nitrogens with one attached hydrogen (secondary N) is 1. The van der Waals surface area contributed by atoms with Gasteiger partial charge in [-0.15, -0.1) is 0 Å². The fourth-order valence-corrected chi connectivity index (χ4v) is 4.58. The van der Waals surface area contributed by atoms with Crippen LogP contribution in [0.4, 0.5) is 0 Å². The predicted octanol–water partition coefficient (Wildman–Crippen LogP) is 1.77. The van der Waals surface area contributed by atoms with Gasteiger partial charge in [-0.05, 0) is 56.5 Å². The highest BCUT2D eigenvalue weighted by molar-refractivity contribution is 5.95. The Morgan fingerprint density at radius 1 is 1.42 bits per heavy atom. The lowest BCUT2D eigenvalue weighted by molar-refractivity contribution is -0.162. The third-order valence-corrected chi connectivity index (χ3v) is 5.92. The molecule has 2 saturated heterocycles. The van der Waals surface area contributed by atoms with Gasteiger partial charge in [0, 0.05) is 31.1 Å². The molecule has 3 aliphatic rings. The zero-order chi connectivity index (χ0) is 18.1. The van der Waals surface area contributed by atoms with Crippen molar-refractivity contribution in [1.82, 2.24) is 10.2 Å². The highest BCUT2D eigenvalue weighted by atomic mass is 16.5. The van der Waals surface area contributed by atoms with Gasteiger partial charge in [0.05, 0.1) is 13.2 Å². The van der Waals surface area contributed by atoms with E-state index in [0.717, 1.165) is 43.5 Å². The van der Waals surface area contributed by atoms with E-state index in [0.29, 0.717) is 31.9 Å². The lowest BCUT2D eigenvalue weighted by atomic mass is 9.70. The molecule has 0 aliphatic carbocycles. The molecule has 3 heterocycles. The fourth-order valence-electron chi connectivity index (χ4n) is 4.58. The van der Waals surface area contributed by atoms with E-state index in [1.807, 2.05) is 30.0 Å². The second-order valence-electron chi connectivity index (χ2n) is 7.42. The Kier molecular flexibility index (Phi) is 4.61. The average molecular weight is 358 g/mol. The summed E-state index contributed by atoms with van der Waals surface area (Å²) < 4.78 is 10.9. The van der Waals surface area contributed by atoms with Crippen molar-refractivity contribution in [3.05, 3.63) is 29.3 Å². The van der Waals surface area contributed by atoms with Gasteiger partial charge in [-0.3, -0.25) is 9.59 Å². The van der Waals surface area contributed by atoms with Crippen LogP contribution in [0, 0.1) is 5.41 Å². The first-order valence-corrected chi connectivity index (χ1v) is 9.59. The van der Waals surface area contributed by atoms with E-state index in [-0.39, 0.29) is 17.9 Å². The normalized spacial score (nSPS) is 27.3. The number of carbonyl (C=O) groups is 2. The molecule has 2 atom stereocenters. The zero-order valence-corrected chi connectivity index (χ0v) is 15.3. The van der Waals surface area contributed by atoms with Crippen LogP contribution in [0.1, 0.15) is 42.1 Å². The number of ether oxygens (including phenoxy) is 2. The Labute approximate surface area is 153 Å². The van der Waals surface area contributed by atoms with Gasteiger partial charge in [-0.2, -0.15) is 0 Å². The van der Waals surface area contributed by atoms with E-state index >= 15 is 0 Å². The molecule has 1 aromatic rings. The molecule has 2 fully saturated rings. The monoisotopic (exact) mass is 358 g/mol. The highest BCUT2D eigenvalue weighted by Gasteiger charge is 2.52. The number of esters is 1. The summed E-state index contributed by atoms with van der Waals surface area (Å²) >= 11 is 0. The molecule has 6 heteroatoms. The molecule has 1 aromatic carbocycles. The molecule has 0 spiro atoms. The van der Waals surface area contributed by atoms with Gasteiger partial charge in [-0.25, -0.2) is 0 Å². The molecular formula is C20H26N2O4. The maximum absolute atomic E-state index is 13.1. The van der Waals surface area contributed by atoms with Gasteiger partial charge in [-0.1, -0.05) is 0 Å². The maximum atomic E-state index is 13.1. The van der Waals surface area contributed by atoms with Gasteiger partial charge in [0.25, 0.3) is 5.91 Å². The van der Waals surface area contributed by atoms with Gasteiger partial charge in [0.2, 0.25) is 0 Å². The van der Waals surface area contributed by atoms with E-state index in [1.54, 1.807) is 0 Å². The number of nitrogens with zero attached hydrogens (tertiary/aromatic N) is 1. The lowest BCUT2D eigenvalue weighted by Gasteiger charge is -2.49. The Balaban J connectivity index is 1.57. The summed E-state index contributed by atoms with van der Waals surface area (Å²) in [5, 5.41) is 3.48. The maximum Gasteiger partial charge on any atom is 0.315 e. The smallest absolute Gasteiger partial charge is 0.315 e. The van der Waals surface area contributed by atoms with Crippen molar-refractivity contribution in [3.63, 3.8) is 0 Å². The third-order valence-electron chi connectivity index (χ3n) is 5.92. The van der Waals surface area contributed by atoms with E-state index in [9.17, 15) is 9.59 Å². The first-order valence-electron chi connectivity index (χ1n) is 9.59. The van der Waals surface area contributed by atoms with Gasteiger partial charge in [0.15, 0.2) is 0 Å². The summed E-state index contributed by atoms with van der Waals surface area (Å²) in [6.45, 7) is 4.88. The molecule has 3 aliphatic heterocycles. The molecule has 4 rings (SSSR count). The number of hydrogen-bond donors (Lipinski definition) is 1. The number of fused-ring (bicyclic) bond motifs is 2. The first kappa shape index (κ1) is 17.3. The Morgan fingerprint density at radius 3 is 3.15 bits per heavy atom. The summed E-state index contributed by atoms with van der Waals surface area (Å²) in [4.78, 5) is 27.7. The molecule has 0 bridgehead atoms. The van der Waals surface area contributed by atoms with Crippen LogP contribution in [0.25, 0.3) is 0 Å². The van der Waals surface area contributed by atoms with E-state index in [4.69, 9.17) is 9.47 Å². The highest BCUT2D eigenvalue weighted by Crippen LogP contribution is 2.39. The lowest BCUT2D eigenvalue weighted by Crippen LogP contribution is -2.64. The predicted molar refractivity (Wildman–Crippen MR) is 96.3 cm³/mol. The van der Waals surface area contributed by atoms with E-state index in [2.05, 4.69) is 5.32 Å². The van der Waals surface area contributed by atoms with Crippen LogP contribution in [-0.2, 0) is 16.0 Å². The van der Waals surface area contributed by atoms with Crippen LogP contribution in [-0.4, -0.2) is 55.7 Å². The van der Waals surface area contributed by atoms with Gasteiger partial charge >= 0.3 is 5.97 Å². The largest absolute Gasteiger partial charge is 0.493 e. The number of piperidine rings is 2. The quantitative estimate of drug-likeness (QED) is 0.834. The van der Waals surface area contributed by atoms with Crippen LogP contribution < -0.4 is 10.1 Å². The van der Waals surface area contributed by atoms with Gasteiger partial charge < -0.3 is 19.7 Å². The topological polar surface area (TPSA) is 67.9 Å². The molecule has 1 amide bonds. The molecule has 2 unspecified atom stereocenters. The number of likely N-dealkylation sites (tertiary alicyclic amines) is 1. The molecule has 0 radical (unpaired) electrons. The zero-order valence-electron chi connectivity index (χ0n) is 15.3. The van der Waals surface area contributed by atoms with E-state index in [1.165, 1.54) is 0 Å². The number of benzene rings is 1. The molecule has 0 aromatic heterocycles. The first-order chi connectivity index (χ1) is 12.6. The minimum Gasteiger partial charge on any atom is -0.493 e. The van der Waals surface area contributed by atoms with Crippen LogP contribution in [0.3, 0.4) is 0 Å². The van der Waals surface area contributed by atoms with Crippen molar-refractivity contribution in [1.29, 1.82) is 0 Å². The van der Waals surface area contributed by atoms with Crippen LogP contribution in [0.5, 0.6) is 5.75 Å². The Morgan fingerprint density at radius 2 is 2.31 bits per heavy atom. The summed E-state index contributed by atoms with van der Waals surface area (Å²) in [6.07, 6.45) is 3.31. The number of hydrogen-bond acceptors (Lipinski definition) is 5. The summed E-state index contributed by atoms with van der Waals surface area (Å²) in [5.74, 6) is 0.698. The van der Waals surface area contributed by atoms with Crippen molar-refractivity contribution >= 4 is 11.9 Å². The van der Waals surface area contributed by atoms with Crippen LogP contribution >= 0.6 is 0 Å². The van der Waals surface area contributed by atoms with Crippen molar-refractivity contribution < 1.29 is 19.1 Å².